The largest absolute Gasteiger partial charge is 0.477 e. The summed E-state index contributed by atoms with van der Waals surface area (Å²) < 4.78 is 14.4. The number of hydrogen-bond acceptors (Lipinski definition) is 7. The van der Waals surface area contributed by atoms with Crippen molar-refractivity contribution < 1.29 is 19.1 Å². The van der Waals surface area contributed by atoms with Crippen molar-refractivity contribution in [1.29, 1.82) is 0 Å². The maximum Gasteiger partial charge on any atom is 0.295 e. The van der Waals surface area contributed by atoms with Gasteiger partial charge in [-0.15, -0.1) is 0 Å². The molecule has 2 aromatic heterocycles. The molecule has 41 heavy (non-hydrogen) atoms. The molecule has 11 nitrogen and oxygen atoms in total. The fourth-order valence-electron chi connectivity index (χ4n) is 4.51. The molecule has 0 radical (unpaired) electrons. The molecule has 0 unspecified atom stereocenters. The number of nitrogens with zero attached hydrogens (tertiary/aromatic N) is 4. The molecule has 222 valence electrons. The second-order valence-electron chi connectivity index (χ2n) is 10.7. The van der Waals surface area contributed by atoms with Crippen LogP contribution in [-0.2, 0) is 16.6 Å². The van der Waals surface area contributed by atoms with E-state index in [9.17, 15) is 14.4 Å². The molecule has 0 bridgehead atoms. The minimum absolute atomic E-state index is 0.0316. The summed E-state index contributed by atoms with van der Waals surface area (Å²) in [6.07, 6.45) is 0.957. The number of para-hydroxylation sites is 1. The number of rotatable bonds is 13. The average Bonchev–Trinajstić information content (AvgIpc) is 3.15. The highest BCUT2D eigenvalue weighted by molar-refractivity contribution is 6.30. The summed E-state index contributed by atoms with van der Waals surface area (Å²) in [5.41, 5.74) is 0.543. The Bertz CT molecular complexity index is 1420. The Kier molecular flexibility index (Phi) is 10.7. The van der Waals surface area contributed by atoms with Crippen molar-refractivity contribution in [1.82, 2.24) is 24.6 Å². The van der Waals surface area contributed by atoms with Gasteiger partial charge in [-0.25, -0.2) is 9.67 Å². The van der Waals surface area contributed by atoms with E-state index in [1.807, 2.05) is 63.2 Å². The molecule has 0 aliphatic carbocycles. The summed E-state index contributed by atoms with van der Waals surface area (Å²) in [4.78, 5) is 46.0. The fourth-order valence-corrected chi connectivity index (χ4v) is 4.67. The van der Waals surface area contributed by atoms with Crippen LogP contribution >= 0.6 is 11.6 Å². The number of carbonyl (C=O) groups excluding carboxylic acids is 2. The summed E-state index contributed by atoms with van der Waals surface area (Å²) >= 11 is 6.04. The third-order valence-electron chi connectivity index (χ3n) is 6.41. The minimum atomic E-state index is -0.658. The van der Waals surface area contributed by atoms with Crippen LogP contribution in [0.4, 0.5) is 5.69 Å². The van der Waals surface area contributed by atoms with Gasteiger partial charge in [-0.3, -0.25) is 19.1 Å². The second kappa shape index (κ2) is 13.8. The third-order valence-corrected chi connectivity index (χ3v) is 6.61. The first-order valence-electron chi connectivity index (χ1n) is 13.3. The van der Waals surface area contributed by atoms with Crippen molar-refractivity contribution in [3.8, 4) is 11.6 Å². The first-order chi connectivity index (χ1) is 19.4. The Balaban J connectivity index is 1.83. The van der Waals surface area contributed by atoms with Crippen LogP contribution in [0.15, 0.2) is 47.4 Å². The van der Waals surface area contributed by atoms with Gasteiger partial charge < -0.3 is 25.0 Å². The highest BCUT2D eigenvalue weighted by atomic mass is 35.5. The van der Waals surface area contributed by atoms with E-state index in [0.29, 0.717) is 29.6 Å². The van der Waals surface area contributed by atoms with Crippen molar-refractivity contribution >= 4 is 29.1 Å². The summed E-state index contributed by atoms with van der Waals surface area (Å²) in [5, 5.41) is 6.01. The van der Waals surface area contributed by atoms with Crippen LogP contribution in [0, 0.1) is 5.41 Å². The molecule has 12 heteroatoms. The third kappa shape index (κ3) is 7.96. The zero-order valence-electron chi connectivity index (χ0n) is 24.7. The van der Waals surface area contributed by atoms with Gasteiger partial charge in [0.1, 0.15) is 17.4 Å². The molecule has 0 spiro atoms. The first kappa shape index (κ1) is 31.9. The van der Waals surface area contributed by atoms with E-state index in [0.717, 1.165) is 0 Å². The van der Waals surface area contributed by atoms with Gasteiger partial charge in [-0.1, -0.05) is 43.6 Å². The molecule has 0 aliphatic rings. The van der Waals surface area contributed by atoms with Gasteiger partial charge in [0.05, 0.1) is 23.0 Å². The number of hydrogen-bond donors (Lipinski definition) is 2. The van der Waals surface area contributed by atoms with Gasteiger partial charge in [-0.05, 0) is 44.6 Å². The number of nitrogens with one attached hydrogen (secondary N) is 2. The number of halogens is 1. The van der Waals surface area contributed by atoms with E-state index < -0.39 is 17.4 Å². The van der Waals surface area contributed by atoms with Gasteiger partial charge in [-0.2, -0.15) is 0 Å². The number of likely N-dealkylation sites (N-methyl/N-ethyl adjacent to an activating group) is 1. The molecule has 2 amide bonds. The predicted molar refractivity (Wildman–Crippen MR) is 159 cm³/mol. The molecule has 0 fully saturated rings. The maximum atomic E-state index is 13.7. The molecule has 2 heterocycles. The van der Waals surface area contributed by atoms with Crippen molar-refractivity contribution in [2.45, 2.75) is 33.3 Å². The number of carbonyl (C=O) groups is 2. The molecular weight excluding hydrogens is 548 g/mol. The highest BCUT2D eigenvalue weighted by Crippen LogP contribution is 2.27. The molecule has 2 N–H and O–H groups in total. The van der Waals surface area contributed by atoms with E-state index in [1.165, 1.54) is 16.9 Å². The summed E-state index contributed by atoms with van der Waals surface area (Å²) in [7, 11) is 7.15. The van der Waals surface area contributed by atoms with Crippen LogP contribution < -0.4 is 20.9 Å². The fraction of sp³-hybridized carbons (Fsp3) is 0.448. The van der Waals surface area contributed by atoms with Crippen molar-refractivity contribution in [3.05, 3.63) is 69.2 Å². The smallest absolute Gasteiger partial charge is 0.295 e. The molecule has 3 rings (SSSR count). The Labute approximate surface area is 245 Å². The molecule has 3 aromatic rings. The zero-order valence-corrected chi connectivity index (χ0v) is 25.4. The molecule has 1 aromatic carbocycles. The number of aromatic nitrogens is 3. The molecule has 0 saturated carbocycles. The SMILES string of the molecule is CCOc1ncc(Cl)cc1C(=O)NCC(C)(C)CC(=O)Nc1c([C@@H](CN(C)C)OC)n(C)n(-c2ccccc2)c1=O. The quantitative estimate of drug-likeness (QED) is 0.314. The van der Waals surface area contributed by atoms with Gasteiger partial charge in [0, 0.05) is 39.9 Å². The second-order valence-corrected chi connectivity index (χ2v) is 11.2. The molecular formula is C29H39ClN6O5. The predicted octanol–water partition coefficient (Wildman–Crippen LogP) is 3.66. The van der Waals surface area contributed by atoms with Crippen LogP contribution in [-0.4, -0.2) is 72.0 Å². The van der Waals surface area contributed by atoms with E-state index in [-0.39, 0.29) is 41.6 Å². The van der Waals surface area contributed by atoms with Gasteiger partial charge in [0.15, 0.2) is 0 Å². The lowest BCUT2D eigenvalue weighted by molar-refractivity contribution is -0.118. The van der Waals surface area contributed by atoms with Crippen LogP contribution in [0.1, 0.15) is 49.3 Å². The Hall–Kier alpha value is -3.67. The van der Waals surface area contributed by atoms with Crippen LogP contribution in [0.2, 0.25) is 5.02 Å². The van der Waals surface area contributed by atoms with Crippen LogP contribution in [0.3, 0.4) is 0 Å². The van der Waals surface area contributed by atoms with E-state index in [1.54, 1.807) is 25.8 Å². The summed E-state index contributed by atoms with van der Waals surface area (Å²) in [6, 6.07) is 10.7. The lowest BCUT2D eigenvalue weighted by Crippen LogP contribution is -2.37. The number of ether oxygens (including phenoxy) is 2. The number of methoxy groups -OCH3 is 1. The van der Waals surface area contributed by atoms with Gasteiger partial charge in [0.25, 0.3) is 11.5 Å². The lowest BCUT2D eigenvalue weighted by atomic mass is 9.88. The summed E-state index contributed by atoms with van der Waals surface area (Å²) in [6.45, 7) is 6.50. The van der Waals surface area contributed by atoms with E-state index >= 15 is 0 Å². The summed E-state index contributed by atoms with van der Waals surface area (Å²) in [5.74, 6) is -0.603. The molecule has 0 aliphatic heterocycles. The van der Waals surface area contributed by atoms with E-state index in [2.05, 4.69) is 15.6 Å². The van der Waals surface area contributed by atoms with Crippen LogP contribution in [0.5, 0.6) is 5.88 Å². The minimum Gasteiger partial charge on any atom is -0.477 e. The molecule has 1 atom stereocenters. The monoisotopic (exact) mass is 586 g/mol. The number of amides is 2. The number of pyridine rings is 1. The first-order valence-corrected chi connectivity index (χ1v) is 13.7. The normalized spacial score (nSPS) is 12.3. The topological polar surface area (TPSA) is 120 Å². The highest BCUT2D eigenvalue weighted by Gasteiger charge is 2.30. The molecule has 0 saturated heterocycles. The van der Waals surface area contributed by atoms with Crippen molar-refractivity contribution in [2.24, 2.45) is 12.5 Å². The maximum absolute atomic E-state index is 13.7. The Morgan fingerprint density at radius 1 is 1.20 bits per heavy atom. The Morgan fingerprint density at radius 2 is 1.88 bits per heavy atom. The average molecular weight is 587 g/mol. The van der Waals surface area contributed by atoms with E-state index in [4.69, 9.17) is 21.1 Å². The Morgan fingerprint density at radius 3 is 2.49 bits per heavy atom. The number of benzene rings is 1. The van der Waals surface area contributed by atoms with Crippen molar-refractivity contribution in [3.63, 3.8) is 0 Å². The number of anilines is 1. The van der Waals surface area contributed by atoms with Gasteiger partial charge in [0.2, 0.25) is 11.8 Å². The van der Waals surface area contributed by atoms with Crippen molar-refractivity contribution in [2.75, 3.05) is 46.2 Å². The standard InChI is InChI=1S/C29H39ClN6O5/c1-8-41-27-21(14-19(30)16-31-27)26(38)32-18-29(2,3)15-23(37)33-24-25(22(40-7)17-34(4)5)35(6)36(28(24)39)20-12-10-9-11-13-20/h9-14,16,22H,8,15,17-18H2,1-7H3,(H,32,38)(H,33,37)/t22-/m1/s1. The van der Waals surface area contributed by atoms with Gasteiger partial charge >= 0.3 is 0 Å². The zero-order chi connectivity index (χ0) is 30.3. The van der Waals surface area contributed by atoms with Crippen LogP contribution in [0.25, 0.3) is 5.69 Å². The lowest BCUT2D eigenvalue weighted by Gasteiger charge is -2.25.